The minimum absolute atomic E-state index is 0.250. The van der Waals surface area contributed by atoms with Gasteiger partial charge in [0, 0.05) is 28.7 Å². The number of thiazole rings is 1. The Kier molecular flexibility index (Phi) is 5.19. The van der Waals surface area contributed by atoms with Crippen LogP contribution in [0.5, 0.6) is 0 Å². The average Bonchev–Trinajstić information content (AvgIpc) is 3.15. The van der Waals surface area contributed by atoms with Gasteiger partial charge < -0.3 is 4.90 Å². The maximum atomic E-state index is 12.7. The Labute approximate surface area is 167 Å². The number of sulfonamides is 1. The molecule has 0 saturated carbocycles. The first kappa shape index (κ1) is 18.4. The second-order valence-electron chi connectivity index (χ2n) is 6.47. The zero-order valence-electron chi connectivity index (χ0n) is 14.4. The maximum absolute atomic E-state index is 12.7. The van der Waals surface area contributed by atoms with Gasteiger partial charge in [-0.05, 0) is 42.3 Å². The topological polar surface area (TPSA) is 62.3 Å². The molecule has 1 atom stereocenters. The Morgan fingerprint density at radius 3 is 2.78 bits per heavy atom. The van der Waals surface area contributed by atoms with Crippen molar-refractivity contribution in [1.82, 2.24) is 9.71 Å². The molecule has 0 bridgehead atoms. The highest BCUT2D eigenvalue weighted by Gasteiger charge is 2.28. The van der Waals surface area contributed by atoms with Crippen LogP contribution in [0, 0.1) is 0 Å². The van der Waals surface area contributed by atoms with Crippen molar-refractivity contribution in [3.63, 3.8) is 0 Å². The van der Waals surface area contributed by atoms with Gasteiger partial charge in [0.2, 0.25) is 10.0 Å². The lowest BCUT2D eigenvalue weighted by Crippen LogP contribution is -2.48. The summed E-state index contributed by atoms with van der Waals surface area (Å²) < 4.78 is 28.3. The highest BCUT2D eigenvalue weighted by Crippen LogP contribution is 2.31. The molecule has 0 fully saturated rings. The number of fused-ring (bicyclic) bond motifs is 1. The minimum atomic E-state index is -3.58. The maximum Gasteiger partial charge on any atom is 0.240 e. The SMILES string of the molecule is O=S(=O)(NC1Cc2cc(Cl)ccc2N(Cc2cscn2)C1)c1ccccc1. The highest BCUT2D eigenvalue weighted by molar-refractivity contribution is 7.89. The van der Waals surface area contributed by atoms with Crippen molar-refractivity contribution >= 4 is 38.6 Å². The second-order valence-corrected chi connectivity index (χ2v) is 9.34. The van der Waals surface area contributed by atoms with Gasteiger partial charge in [-0.25, -0.2) is 18.1 Å². The summed E-state index contributed by atoms with van der Waals surface area (Å²) in [6.07, 6.45) is 0.593. The van der Waals surface area contributed by atoms with Gasteiger partial charge in [0.25, 0.3) is 0 Å². The summed E-state index contributed by atoms with van der Waals surface area (Å²) in [4.78, 5) is 6.79. The molecule has 0 spiro atoms. The van der Waals surface area contributed by atoms with Gasteiger partial charge in [0.15, 0.2) is 0 Å². The monoisotopic (exact) mass is 419 g/mol. The molecule has 2 heterocycles. The van der Waals surface area contributed by atoms with Crippen LogP contribution < -0.4 is 9.62 Å². The van der Waals surface area contributed by atoms with Crippen LogP contribution in [0.1, 0.15) is 11.3 Å². The molecule has 1 unspecified atom stereocenters. The molecule has 2 aromatic carbocycles. The van der Waals surface area contributed by atoms with Crippen molar-refractivity contribution in [2.24, 2.45) is 0 Å². The number of benzene rings is 2. The minimum Gasteiger partial charge on any atom is -0.364 e. The summed E-state index contributed by atoms with van der Waals surface area (Å²) in [5, 5.41) is 2.65. The van der Waals surface area contributed by atoms with Crippen molar-refractivity contribution in [1.29, 1.82) is 0 Å². The van der Waals surface area contributed by atoms with E-state index < -0.39 is 10.0 Å². The number of hydrogen-bond donors (Lipinski definition) is 1. The van der Waals surface area contributed by atoms with E-state index in [1.54, 1.807) is 47.2 Å². The van der Waals surface area contributed by atoms with Gasteiger partial charge in [0.1, 0.15) is 0 Å². The van der Waals surface area contributed by atoms with Crippen molar-refractivity contribution in [3.8, 4) is 0 Å². The van der Waals surface area contributed by atoms with Crippen LogP contribution in [-0.4, -0.2) is 26.0 Å². The zero-order chi connectivity index (χ0) is 18.9. The summed E-state index contributed by atoms with van der Waals surface area (Å²) in [5.74, 6) is 0. The van der Waals surface area contributed by atoms with E-state index in [9.17, 15) is 8.42 Å². The van der Waals surface area contributed by atoms with Gasteiger partial charge in [0.05, 0.1) is 22.6 Å². The van der Waals surface area contributed by atoms with Crippen molar-refractivity contribution < 1.29 is 8.42 Å². The summed E-state index contributed by atoms with van der Waals surface area (Å²) in [6, 6.07) is 14.0. The molecule has 0 saturated heterocycles. The van der Waals surface area contributed by atoms with Crippen LogP contribution >= 0.6 is 22.9 Å². The van der Waals surface area contributed by atoms with E-state index in [0.717, 1.165) is 16.9 Å². The number of hydrogen-bond acceptors (Lipinski definition) is 5. The van der Waals surface area contributed by atoms with Gasteiger partial charge in [-0.15, -0.1) is 11.3 Å². The molecular formula is C19H18ClN3O2S2. The van der Waals surface area contributed by atoms with Crippen LogP contribution in [0.2, 0.25) is 5.02 Å². The summed E-state index contributed by atoms with van der Waals surface area (Å²) >= 11 is 7.73. The van der Waals surface area contributed by atoms with E-state index in [1.807, 2.05) is 23.6 Å². The molecule has 27 heavy (non-hydrogen) atoms. The fraction of sp³-hybridized carbons (Fsp3) is 0.211. The van der Waals surface area contributed by atoms with Crippen LogP contribution in [0.4, 0.5) is 5.69 Å². The first-order valence-electron chi connectivity index (χ1n) is 8.49. The average molecular weight is 420 g/mol. The Bertz CT molecular complexity index is 1020. The van der Waals surface area contributed by atoms with Gasteiger partial charge in [-0.3, -0.25) is 0 Å². The zero-order valence-corrected chi connectivity index (χ0v) is 16.8. The molecule has 4 rings (SSSR count). The quantitative estimate of drug-likeness (QED) is 0.684. The molecule has 0 amide bonds. The van der Waals surface area contributed by atoms with Crippen LogP contribution in [0.15, 0.2) is 64.3 Å². The first-order valence-corrected chi connectivity index (χ1v) is 11.3. The van der Waals surface area contributed by atoms with Crippen molar-refractivity contribution in [2.45, 2.75) is 23.9 Å². The van der Waals surface area contributed by atoms with Crippen LogP contribution in [-0.2, 0) is 23.0 Å². The molecule has 1 N–H and O–H groups in total. The fourth-order valence-electron chi connectivity index (χ4n) is 3.35. The van der Waals surface area contributed by atoms with E-state index in [-0.39, 0.29) is 10.9 Å². The van der Waals surface area contributed by atoms with Crippen LogP contribution in [0.25, 0.3) is 0 Å². The van der Waals surface area contributed by atoms with Gasteiger partial charge in [-0.2, -0.15) is 0 Å². The number of aromatic nitrogens is 1. The van der Waals surface area contributed by atoms with Gasteiger partial charge >= 0.3 is 0 Å². The number of nitrogens with zero attached hydrogens (tertiary/aromatic N) is 2. The molecule has 1 aliphatic heterocycles. The number of anilines is 1. The number of halogens is 1. The smallest absolute Gasteiger partial charge is 0.240 e. The number of nitrogens with one attached hydrogen (secondary N) is 1. The molecule has 0 aliphatic carbocycles. The lowest BCUT2D eigenvalue weighted by atomic mass is 9.98. The third kappa shape index (κ3) is 4.16. The normalized spacial score (nSPS) is 16.9. The summed E-state index contributed by atoms with van der Waals surface area (Å²) in [5.41, 5.74) is 4.87. The molecule has 8 heteroatoms. The predicted molar refractivity (Wildman–Crippen MR) is 109 cm³/mol. The molecule has 1 aliphatic rings. The lowest BCUT2D eigenvalue weighted by Gasteiger charge is -2.36. The fourth-order valence-corrected chi connectivity index (χ4v) is 5.34. The molecule has 5 nitrogen and oxygen atoms in total. The second kappa shape index (κ2) is 7.59. The largest absolute Gasteiger partial charge is 0.364 e. The third-order valence-electron chi connectivity index (χ3n) is 4.50. The Balaban J connectivity index is 1.61. The number of rotatable bonds is 5. The Morgan fingerprint density at radius 2 is 2.04 bits per heavy atom. The Hall–Kier alpha value is -1.93. The Morgan fingerprint density at radius 1 is 1.22 bits per heavy atom. The summed E-state index contributed by atoms with van der Waals surface area (Å²) in [6.45, 7) is 1.19. The van der Waals surface area contributed by atoms with Crippen molar-refractivity contribution in [2.75, 3.05) is 11.4 Å². The van der Waals surface area contributed by atoms with E-state index in [1.165, 1.54) is 0 Å². The third-order valence-corrected chi connectivity index (χ3v) is 6.91. The lowest BCUT2D eigenvalue weighted by molar-refractivity contribution is 0.524. The summed E-state index contributed by atoms with van der Waals surface area (Å²) in [7, 11) is -3.58. The van der Waals surface area contributed by atoms with E-state index in [0.29, 0.717) is 24.5 Å². The van der Waals surface area contributed by atoms with Gasteiger partial charge in [-0.1, -0.05) is 29.8 Å². The van der Waals surface area contributed by atoms with E-state index in [4.69, 9.17) is 11.6 Å². The first-order chi connectivity index (χ1) is 13.0. The van der Waals surface area contributed by atoms with Crippen molar-refractivity contribution in [3.05, 3.63) is 75.7 Å². The molecule has 0 radical (unpaired) electrons. The molecule has 3 aromatic rings. The van der Waals surface area contributed by atoms with E-state index >= 15 is 0 Å². The highest BCUT2D eigenvalue weighted by atomic mass is 35.5. The molecular weight excluding hydrogens is 402 g/mol. The van der Waals surface area contributed by atoms with E-state index in [2.05, 4.69) is 14.6 Å². The van der Waals surface area contributed by atoms with Crippen LogP contribution in [0.3, 0.4) is 0 Å². The standard InChI is InChI=1S/C19H18ClN3O2S2/c20-15-6-7-19-14(8-15)9-16(10-23(19)11-17-12-26-13-21-17)22-27(24,25)18-4-2-1-3-5-18/h1-8,12-13,16,22H,9-11H2. The molecule has 1 aromatic heterocycles. The predicted octanol–water partition coefficient (Wildman–Crippen LogP) is 3.71. The molecule has 140 valence electrons.